The fraction of sp³-hybridized carbons (Fsp3) is 0.136. The van der Waals surface area contributed by atoms with Crippen molar-refractivity contribution in [2.24, 2.45) is 0 Å². The molecule has 0 saturated carbocycles. The van der Waals surface area contributed by atoms with Crippen LogP contribution in [0.15, 0.2) is 60.9 Å². The molecule has 0 spiro atoms. The molecule has 138 valence electrons. The number of benzene rings is 2. The summed E-state index contributed by atoms with van der Waals surface area (Å²) in [5, 5.41) is 4.15. The number of hydrogen-bond acceptors (Lipinski definition) is 6. The van der Waals surface area contributed by atoms with E-state index in [1.807, 2.05) is 43.4 Å². The van der Waals surface area contributed by atoms with E-state index in [1.54, 1.807) is 12.4 Å². The third-order valence-electron chi connectivity index (χ3n) is 4.73. The van der Waals surface area contributed by atoms with Gasteiger partial charge in [-0.1, -0.05) is 12.1 Å². The average Bonchev–Trinajstić information content (AvgIpc) is 2.78. The van der Waals surface area contributed by atoms with E-state index in [0.717, 1.165) is 44.9 Å². The van der Waals surface area contributed by atoms with E-state index < -0.39 is 0 Å². The van der Waals surface area contributed by atoms with E-state index in [9.17, 15) is 0 Å². The van der Waals surface area contributed by atoms with Crippen LogP contribution in [-0.2, 0) is 0 Å². The second-order valence-electron chi connectivity index (χ2n) is 6.48. The Labute approximate surface area is 162 Å². The van der Waals surface area contributed by atoms with Crippen molar-refractivity contribution in [2.75, 3.05) is 25.6 Å². The molecule has 1 N–H and O–H groups in total. The standard InChI is InChI=1S/C22H18N4O2/c1-23-22-17-11-14(15-5-7-19-20(12-15)28-10-9-27-19)4-6-18(17)25-21(26-22)16-3-2-8-24-13-16/h2-8,11-13H,9-10H2,1H3,(H,23,25,26). The molecule has 0 radical (unpaired) electrons. The molecule has 0 atom stereocenters. The number of nitrogens with zero attached hydrogens (tertiary/aromatic N) is 3. The molecule has 1 aliphatic rings. The molecule has 6 heteroatoms. The van der Waals surface area contributed by atoms with Crippen LogP contribution in [0.2, 0.25) is 0 Å². The van der Waals surface area contributed by atoms with Gasteiger partial charge in [-0.05, 0) is 47.5 Å². The minimum absolute atomic E-state index is 0.572. The van der Waals surface area contributed by atoms with Crippen molar-refractivity contribution in [3.8, 4) is 34.0 Å². The van der Waals surface area contributed by atoms with Gasteiger partial charge >= 0.3 is 0 Å². The molecule has 0 amide bonds. The number of ether oxygens (including phenoxy) is 2. The van der Waals surface area contributed by atoms with Gasteiger partial charge in [-0.2, -0.15) is 0 Å². The van der Waals surface area contributed by atoms with Crippen molar-refractivity contribution >= 4 is 16.7 Å². The van der Waals surface area contributed by atoms with Crippen LogP contribution in [0.3, 0.4) is 0 Å². The Kier molecular flexibility index (Phi) is 4.01. The first-order chi connectivity index (χ1) is 13.8. The van der Waals surface area contributed by atoms with Gasteiger partial charge in [0.1, 0.15) is 19.0 Å². The minimum Gasteiger partial charge on any atom is -0.486 e. The number of fused-ring (bicyclic) bond motifs is 2. The zero-order chi connectivity index (χ0) is 18.9. The molecule has 3 heterocycles. The van der Waals surface area contributed by atoms with Crippen LogP contribution in [0.25, 0.3) is 33.4 Å². The van der Waals surface area contributed by atoms with Gasteiger partial charge in [-0.3, -0.25) is 4.98 Å². The van der Waals surface area contributed by atoms with Crippen molar-refractivity contribution < 1.29 is 9.47 Å². The third kappa shape index (κ3) is 2.89. The normalized spacial score (nSPS) is 12.8. The first-order valence-electron chi connectivity index (χ1n) is 9.12. The van der Waals surface area contributed by atoms with E-state index in [-0.39, 0.29) is 0 Å². The molecule has 0 saturated heterocycles. The molecule has 0 aliphatic carbocycles. The molecule has 0 bridgehead atoms. The molecule has 0 fully saturated rings. The molecule has 6 nitrogen and oxygen atoms in total. The second kappa shape index (κ2) is 6.81. The molecule has 28 heavy (non-hydrogen) atoms. The number of anilines is 1. The number of pyridine rings is 1. The Morgan fingerprint density at radius 3 is 2.50 bits per heavy atom. The van der Waals surface area contributed by atoms with Crippen molar-refractivity contribution in [1.82, 2.24) is 15.0 Å². The second-order valence-corrected chi connectivity index (χ2v) is 6.48. The molecular formula is C22H18N4O2. The highest BCUT2D eigenvalue weighted by Crippen LogP contribution is 2.36. The monoisotopic (exact) mass is 370 g/mol. The van der Waals surface area contributed by atoms with Crippen LogP contribution < -0.4 is 14.8 Å². The van der Waals surface area contributed by atoms with Crippen molar-refractivity contribution in [3.05, 3.63) is 60.9 Å². The number of rotatable bonds is 3. The van der Waals surface area contributed by atoms with Gasteiger partial charge in [0.05, 0.1) is 5.52 Å². The van der Waals surface area contributed by atoms with E-state index in [2.05, 4.69) is 27.4 Å². The zero-order valence-electron chi connectivity index (χ0n) is 15.3. The van der Waals surface area contributed by atoms with Crippen LogP contribution in [-0.4, -0.2) is 35.2 Å². The number of aromatic nitrogens is 3. The summed E-state index contributed by atoms with van der Waals surface area (Å²) in [6, 6.07) is 16.0. The van der Waals surface area contributed by atoms with Crippen LogP contribution in [0, 0.1) is 0 Å². The number of nitrogens with one attached hydrogen (secondary N) is 1. The summed E-state index contributed by atoms with van der Waals surface area (Å²) >= 11 is 0. The highest BCUT2D eigenvalue weighted by atomic mass is 16.6. The predicted molar refractivity (Wildman–Crippen MR) is 109 cm³/mol. The van der Waals surface area contributed by atoms with E-state index in [4.69, 9.17) is 14.5 Å². The molecular weight excluding hydrogens is 352 g/mol. The van der Waals surface area contributed by atoms with Crippen LogP contribution in [0.4, 0.5) is 5.82 Å². The highest BCUT2D eigenvalue weighted by molar-refractivity contribution is 5.94. The summed E-state index contributed by atoms with van der Waals surface area (Å²) in [5.41, 5.74) is 3.89. The first-order valence-corrected chi connectivity index (χ1v) is 9.12. The topological polar surface area (TPSA) is 69.2 Å². The Bertz CT molecular complexity index is 1160. The Hall–Kier alpha value is -3.67. The smallest absolute Gasteiger partial charge is 0.163 e. The lowest BCUT2D eigenvalue weighted by Gasteiger charge is -2.19. The lowest BCUT2D eigenvalue weighted by atomic mass is 10.0. The Balaban J connectivity index is 1.61. The minimum atomic E-state index is 0.572. The fourth-order valence-corrected chi connectivity index (χ4v) is 3.35. The fourth-order valence-electron chi connectivity index (χ4n) is 3.35. The van der Waals surface area contributed by atoms with E-state index >= 15 is 0 Å². The van der Waals surface area contributed by atoms with E-state index in [1.165, 1.54) is 0 Å². The SMILES string of the molecule is CNc1nc(-c2cccnc2)nc2ccc(-c3ccc4c(c3)OCCO4)cc12. The van der Waals surface area contributed by atoms with Crippen LogP contribution >= 0.6 is 0 Å². The van der Waals surface area contributed by atoms with Gasteiger partial charge in [-0.25, -0.2) is 9.97 Å². The quantitative estimate of drug-likeness (QED) is 0.584. The highest BCUT2D eigenvalue weighted by Gasteiger charge is 2.14. The van der Waals surface area contributed by atoms with Gasteiger partial charge in [0, 0.05) is 30.4 Å². The first kappa shape index (κ1) is 16.5. The predicted octanol–water partition coefficient (Wildman–Crippen LogP) is 4.17. The van der Waals surface area contributed by atoms with Gasteiger partial charge in [-0.15, -0.1) is 0 Å². The summed E-state index contributed by atoms with van der Waals surface area (Å²) in [6.07, 6.45) is 3.51. The summed E-state index contributed by atoms with van der Waals surface area (Å²) in [4.78, 5) is 13.6. The molecule has 5 rings (SSSR count). The maximum absolute atomic E-state index is 5.71. The molecule has 2 aromatic heterocycles. The maximum Gasteiger partial charge on any atom is 0.163 e. The van der Waals surface area contributed by atoms with Gasteiger partial charge in [0.2, 0.25) is 0 Å². The van der Waals surface area contributed by atoms with Crippen molar-refractivity contribution in [1.29, 1.82) is 0 Å². The maximum atomic E-state index is 5.71. The lowest BCUT2D eigenvalue weighted by molar-refractivity contribution is 0.171. The average molecular weight is 370 g/mol. The van der Waals surface area contributed by atoms with E-state index in [0.29, 0.717) is 19.0 Å². The van der Waals surface area contributed by atoms with Gasteiger partial charge < -0.3 is 14.8 Å². The zero-order valence-corrected chi connectivity index (χ0v) is 15.3. The van der Waals surface area contributed by atoms with Gasteiger partial charge in [0.25, 0.3) is 0 Å². The summed E-state index contributed by atoms with van der Waals surface area (Å²) in [6.45, 7) is 1.16. The summed E-state index contributed by atoms with van der Waals surface area (Å²) in [5.74, 6) is 3.00. The molecule has 0 unspecified atom stereocenters. The Morgan fingerprint density at radius 2 is 1.68 bits per heavy atom. The lowest BCUT2D eigenvalue weighted by Crippen LogP contribution is -2.15. The van der Waals surface area contributed by atoms with Gasteiger partial charge in [0.15, 0.2) is 17.3 Å². The van der Waals surface area contributed by atoms with Crippen molar-refractivity contribution in [3.63, 3.8) is 0 Å². The van der Waals surface area contributed by atoms with Crippen LogP contribution in [0.1, 0.15) is 0 Å². The van der Waals surface area contributed by atoms with Crippen LogP contribution in [0.5, 0.6) is 11.5 Å². The molecule has 1 aliphatic heterocycles. The largest absolute Gasteiger partial charge is 0.486 e. The molecule has 2 aromatic carbocycles. The summed E-state index contributed by atoms with van der Waals surface area (Å²) in [7, 11) is 1.87. The third-order valence-corrected chi connectivity index (χ3v) is 4.73. The number of hydrogen-bond donors (Lipinski definition) is 1. The molecule has 4 aromatic rings. The van der Waals surface area contributed by atoms with Crippen molar-refractivity contribution in [2.45, 2.75) is 0 Å². The summed E-state index contributed by atoms with van der Waals surface area (Å²) < 4.78 is 11.3. The Morgan fingerprint density at radius 1 is 0.857 bits per heavy atom.